The van der Waals surface area contributed by atoms with Gasteiger partial charge in [0.1, 0.15) is 5.82 Å². The Morgan fingerprint density at radius 3 is 2.33 bits per heavy atom. The first-order valence-corrected chi connectivity index (χ1v) is 12.8. The molecule has 1 fully saturated rings. The molecule has 1 aliphatic rings. The average Bonchev–Trinajstić information content (AvgIpc) is 3.38. The van der Waals surface area contributed by atoms with Crippen LogP contribution in [0.3, 0.4) is 0 Å². The number of imidazole rings is 1. The van der Waals surface area contributed by atoms with Crippen LogP contribution in [0.4, 0.5) is 13.2 Å². The number of aromatic amines is 1. The number of nitrogens with one attached hydrogen (secondary N) is 3. The number of alkyl halides is 3. The predicted molar refractivity (Wildman–Crippen MR) is 146 cm³/mol. The topological polar surface area (TPSA) is 93.3 Å². The molecule has 0 spiro atoms. The molecule has 0 saturated carbocycles. The molecule has 10 heteroatoms. The van der Waals surface area contributed by atoms with Gasteiger partial charge in [-0.2, -0.15) is 13.2 Å². The maximum atomic E-state index is 10.6. The molecule has 7 nitrogen and oxygen atoms in total. The third kappa shape index (κ3) is 7.89. The first-order chi connectivity index (χ1) is 18.7. The van der Waals surface area contributed by atoms with Crippen molar-refractivity contribution in [2.24, 2.45) is 0 Å². The fourth-order valence-corrected chi connectivity index (χ4v) is 4.40. The molecule has 0 amide bonds. The number of carboxylic acids is 1. The smallest absolute Gasteiger partial charge is 0.475 e. The van der Waals surface area contributed by atoms with Crippen LogP contribution in [0.25, 0.3) is 33.5 Å². The first kappa shape index (κ1) is 28.3. The number of aromatic nitrogens is 2. The lowest BCUT2D eigenvalue weighted by atomic mass is 10.0. The van der Waals surface area contributed by atoms with Gasteiger partial charge in [0.2, 0.25) is 0 Å². The number of aliphatic carboxylic acids is 1. The normalized spacial score (nSPS) is 14.2. The molecule has 1 aromatic heterocycles. The molecule has 4 aromatic rings. The Hall–Kier alpha value is -3.73. The fourth-order valence-electron chi connectivity index (χ4n) is 4.40. The quantitative estimate of drug-likeness (QED) is 0.252. The summed E-state index contributed by atoms with van der Waals surface area (Å²) in [4.78, 5) is 19.7. The fraction of sp³-hybridized carbons (Fsp3) is 0.310. The SMILES string of the molecule is Cc1cccc2[nH]c(-c3ccc(-c4cccc(CNCCN5CCNCC5)c4)cc3)nc12.O=C(O)C(F)(F)F. The third-order valence-electron chi connectivity index (χ3n) is 6.52. The second-order valence-electron chi connectivity index (χ2n) is 9.41. The molecule has 5 rings (SSSR count). The average molecular weight is 540 g/mol. The lowest BCUT2D eigenvalue weighted by Gasteiger charge is -2.27. The number of halogens is 3. The van der Waals surface area contributed by atoms with E-state index in [9.17, 15) is 13.2 Å². The van der Waals surface area contributed by atoms with Crippen LogP contribution in [0.5, 0.6) is 0 Å². The Balaban J connectivity index is 0.000000448. The predicted octanol–water partition coefficient (Wildman–Crippen LogP) is 4.83. The van der Waals surface area contributed by atoms with Crippen molar-refractivity contribution in [3.8, 4) is 22.5 Å². The van der Waals surface area contributed by atoms with Crippen LogP contribution < -0.4 is 10.6 Å². The minimum absolute atomic E-state index is 0.899. The summed E-state index contributed by atoms with van der Waals surface area (Å²) in [5.41, 5.74) is 8.22. The van der Waals surface area contributed by atoms with E-state index >= 15 is 0 Å². The second-order valence-corrected chi connectivity index (χ2v) is 9.41. The van der Waals surface area contributed by atoms with Crippen LogP contribution in [-0.2, 0) is 11.3 Å². The molecule has 0 aliphatic carbocycles. The highest BCUT2D eigenvalue weighted by Gasteiger charge is 2.38. The van der Waals surface area contributed by atoms with Crippen LogP contribution in [0.15, 0.2) is 66.7 Å². The van der Waals surface area contributed by atoms with Crippen LogP contribution in [-0.4, -0.2) is 71.4 Å². The maximum absolute atomic E-state index is 10.6. The lowest BCUT2D eigenvalue weighted by Crippen LogP contribution is -2.45. The molecule has 206 valence electrons. The van der Waals surface area contributed by atoms with Gasteiger partial charge in [-0.3, -0.25) is 4.90 Å². The Labute approximate surface area is 225 Å². The molecule has 0 bridgehead atoms. The maximum Gasteiger partial charge on any atom is 0.490 e. The van der Waals surface area contributed by atoms with Gasteiger partial charge in [0, 0.05) is 51.4 Å². The summed E-state index contributed by atoms with van der Waals surface area (Å²) in [5, 5.41) is 14.1. The number of rotatable bonds is 7. The van der Waals surface area contributed by atoms with Crippen molar-refractivity contribution in [2.45, 2.75) is 19.6 Å². The van der Waals surface area contributed by atoms with Crippen molar-refractivity contribution in [1.82, 2.24) is 25.5 Å². The molecule has 0 radical (unpaired) electrons. The van der Waals surface area contributed by atoms with Gasteiger partial charge in [0.25, 0.3) is 0 Å². The van der Waals surface area contributed by atoms with E-state index < -0.39 is 12.1 Å². The van der Waals surface area contributed by atoms with Gasteiger partial charge < -0.3 is 20.7 Å². The number of fused-ring (bicyclic) bond motifs is 1. The molecular formula is C29H32F3N5O2. The van der Waals surface area contributed by atoms with E-state index in [-0.39, 0.29) is 0 Å². The minimum atomic E-state index is -5.08. The van der Waals surface area contributed by atoms with Gasteiger partial charge in [-0.05, 0) is 41.3 Å². The second kappa shape index (κ2) is 12.9. The van der Waals surface area contributed by atoms with Gasteiger partial charge in [0.05, 0.1) is 11.0 Å². The van der Waals surface area contributed by atoms with Crippen molar-refractivity contribution in [3.63, 3.8) is 0 Å². The van der Waals surface area contributed by atoms with Crippen molar-refractivity contribution >= 4 is 17.0 Å². The van der Waals surface area contributed by atoms with Crippen molar-refractivity contribution in [2.75, 3.05) is 39.3 Å². The minimum Gasteiger partial charge on any atom is -0.475 e. The molecule has 4 N–H and O–H groups in total. The molecule has 1 saturated heterocycles. The number of nitrogens with zero attached hydrogens (tertiary/aromatic N) is 2. The van der Waals surface area contributed by atoms with Gasteiger partial charge in [0.15, 0.2) is 0 Å². The number of carboxylic acid groups (broad SMARTS) is 1. The van der Waals surface area contributed by atoms with Gasteiger partial charge in [-0.1, -0.05) is 54.6 Å². The summed E-state index contributed by atoms with van der Waals surface area (Å²) in [6.07, 6.45) is -5.08. The van der Waals surface area contributed by atoms with Crippen LogP contribution in [0.2, 0.25) is 0 Å². The van der Waals surface area contributed by atoms with Crippen molar-refractivity contribution in [1.29, 1.82) is 0 Å². The van der Waals surface area contributed by atoms with Crippen LogP contribution in [0.1, 0.15) is 11.1 Å². The molecule has 0 atom stereocenters. The van der Waals surface area contributed by atoms with E-state index in [0.717, 1.165) is 68.2 Å². The molecule has 3 aromatic carbocycles. The number of piperazine rings is 1. The van der Waals surface area contributed by atoms with Crippen LogP contribution >= 0.6 is 0 Å². The number of hydrogen-bond donors (Lipinski definition) is 4. The summed E-state index contributed by atoms with van der Waals surface area (Å²) in [6.45, 7) is 9.66. The standard InChI is InChI=1S/C27H31N5.C2HF3O2/c1-20-4-2-7-25-26(20)31-27(30-25)23-10-8-22(9-11-23)24-6-3-5-21(18-24)19-29-14-17-32-15-12-28-13-16-32;3-2(4,5)1(6)7/h2-11,18,28-29H,12-17,19H2,1H3,(H,30,31);(H,6,7). The lowest BCUT2D eigenvalue weighted by molar-refractivity contribution is -0.192. The van der Waals surface area contributed by atoms with Crippen molar-refractivity contribution in [3.05, 3.63) is 77.9 Å². The number of H-pyrrole nitrogens is 1. The van der Waals surface area contributed by atoms with Crippen molar-refractivity contribution < 1.29 is 23.1 Å². The first-order valence-electron chi connectivity index (χ1n) is 12.8. The largest absolute Gasteiger partial charge is 0.490 e. The Morgan fingerprint density at radius 2 is 1.67 bits per heavy atom. The molecular weight excluding hydrogens is 507 g/mol. The number of benzene rings is 3. The zero-order valence-corrected chi connectivity index (χ0v) is 21.7. The summed E-state index contributed by atoms with van der Waals surface area (Å²) in [5.74, 6) is -1.84. The highest BCUT2D eigenvalue weighted by atomic mass is 19.4. The Bertz CT molecular complexity index is 1380. The van der Waals surface area contributed by atoms with Gasteiger partial charge >= 0.3 is 12.1 Å². The van der Waals surface area contributed by atoms with E-state index in [0.29, 0.717) is 0 Å². The van der Waals surface area contributed by atoms with E-state index in [1.54, 1.807) is 0 Å². The highest BCUT2D eigenvalue weighted by molar-refractivity contribution is 5.82. The molecule has 39 heavy (non-hydrogen) atoms. The van der Waals surface area contributed by atoms with Gasteiger partial charge in [-0.25, -0.2) is 9.78 Å². The van der Waals surface area contributed by atoms with Crippen LogP contribution in [0, 0.1) is 6.92 Å². The van der Waals surface area contributed by atoms with E-state index in [2.05, 4.69) is 94.2 Å². The van der Waals surface area contributed by atoms with E-state index in [4.69, 9.17) is 14.9 Å². The van der Waals surface area contributed by atoms with E-state index in [1.807, 2.05) is 0 Å². The molecule has 2 heterocycles. The molecule has 1 aliphatic heterocycles. The zero-order valence-electron chi connectivity index (χ0n) is 21.7. The third-order valence-corrected chi connectivity index (χ3v) is 6.52. The monoisotopic (exact) mass is 539 g/mol. The zero-order chi connectivity index (χ0) is 27.8. The number of aryl methyl sites for hydroxylation is 1. The Kier molecular flexibility index (Phi) is 9.34. The van der Waals surface area contributed by atoms with Gasteiger partial charge in [-0.15, -0.1) is 0 Å². The number of hydrogen-bond acceptors (Lipinski definition) is 5. The highest BCUT2D eigenvalue weighted by Crippen LogP contribution is 2.26. The summed E-state index contributed by atoms with van der Waals surface area (Å²) in [6, 6.07) is 23.8. The Morgan fingerprint density at radius 1 is 1.00 bits per heavy atom. The molecule has 0 unspecified atom stereocenters. The number of carbonyl (C=O) groups is 1. The van der Waals surface area contributed by atoms with E-state index in [1.165, 1.54) is 22.3 Å². The summed E-state index contributed by atoms with van der Waals surface area (Å²) in [7, 11) is 0. The number of para-hydroxylation sites is 1. The summed E-state index contributed by atoms with van der Waals surface area (Å²) < 4.78 is 31.7. The summed E-state index contributed by atoms with van der Waals surface area (Å²) >= 11 is 0.